The van der Waals surface area contributed by atoms with Gasteiger partial charge >= 0.3 is 0 Å². The van der Waals surface area contributed by atoms with Crippen LogP contribution in [0.4, 0.5) is 0 Å². The second-order valence-corrected chi connectivity index (χ2v) is 10.5. The van der Waals surface area contributed by atoms with Gasteiger partial charge in [-0.3, -0.25) is 9.59 Å². The molecule has 4 aromatic heterocycles. The molecule has 1 aromatic carbocycles. The molecule has 0 aliphatic rings. The number of pyridine rings is 1. The molecular weight excluding hydrogens is 486 g/mol. The fourth-order valence-corrected chi connectivity index (χ4v) is 5.95. The van der Waals surface area contributed by atoms with Gasteiger partial charge in [0.25, 0.3) is 0 Å². The largest absolute Gasteiger partial charge is 0.467 e. The molecule has 0 bridgehead atoms. The molecule has 0 aliphatic carbocycles. The molecule has 5 aromatic rings. The monoisotopic (exact) mass is 507 g/mol. The van der Waals surface area contributed by atoms with Crippen molar-refractivity contribution in [3.05, 3.63) is 110 Å². The van der Waals surface area contributed by atoms with Gasteiger partial charge in [-0.05, 0) is 76.6 Å². The molecule has 0 saturated carbocycles. The number of amides is 1. The van der Waals surface area contributed by atoms with Crippen LogP contribution in [0.5, 0.6) is 0 Å². The van der Waals surface area contributed by atoms with Gasteiger partial charge in [0.15, 0.2) is 0 Å². The highest BCUT2D eigenvalue weighted by atomic mass is 32.2. The van der Waals surface area contributed by atoms with Crippen LogP contribution in [0.25, 0.3) is 10.9 Å². The Morgan fingerprint density at radius 1 is 1.03 bits per heavy atom. The predicted octanol–water partition coefficient (Wildman–Crippen LogP) is 5.81. The minimum Gasteiger partial charge on any atom is -0.467 e. The zero-order valence-corrected chi connectivity index (χ0v) is 20.4. The van der Waals surface area contributed by atoms with Gasteiger partial charge in [-0.25, -0.2) is 4.72 Å². The average Bonchev–Trinajstić information content (AvgIpc) is 3.63. The van der Waals surface area contributed by atoms with E-state index in [0.717, 1.165) is 31.3 Å². The number of hydrogen-bond acceptors (Lipinski definition) is 7. The highest BCUT2D eigenvalue weighted by molar-refractivity contribution is 7.97. The Bertz CT molecular complexity index is 1370. The van der Waals surface area contributed by atoms with E-state index in [-0.39, 0.29) is 11.5 Å². The molecule has 6 nitrogen and oxygen atoms in total. The molecule has 0 spiro atoms. The lowest BCUT2D eigenvalue weighted by atomic mass is 10.2. The molecule has 172 valence electrons. The van der Waals surface area contributed by atoms with Crippen molar-refractivity contribution in [1.82, 2.24) is 14.6 Å². The van der Waals surface area contributed by atoms with Crippen LogP contribution in [-0.4, -0.2) is 15.8 Å². The fraction of sp³-hybridized carbons (Fsp3) is 0.120. The first kappa shape index (κ1) is 22.7. The molecule has 0 fully saturated rings. The van der Waals surface area contributed by atoms with E-state index >= 15 is 0 Å². The van der Waals surface area contributed by atoms with Crippen molar-refractivity contribution in [2.75, 3.05) is 0 Å². The van der Waals surface area contributed by atoms with Gasteiger partial charge in [-0.15, -0.1) is 22.7 Å². The van der Waals surface area contributed by atoms with E-state index in [1.165, 1.54) is 18.0 Å². The summed E-state index contributed by atoms with van der Waals surface area (Å²) < 4.78 is 8.93. The molecule has 0 unspecified atom stereocenters. The maximum atomic E-state index is 13.8. The molecule has 5 rings (SSSR count). The van der Waals surface area contributed by atoms with Crippen molar-refractivity contribution in [2.24, 2.45) is 0 Å². The summed E-state index contributed by atoms with van der Waals surface area (Å²) >= 11 is 4.58. The number of hydrogen-bond donors (Lipinski definition) is 2. The number of aromatic amines is 1. The maximum absolute atomic E-state index is 13.8. The van der Waals surface area contributed by atoms with E-state index in [9.17, 15) is 9.59 Å². The number of furan rings is 1. The van der Waals surface area contributed by atoms with Crippen LogP contribution in [-0.2, 0) is 17.9 Å². The first-order valence-electron chi connectivity index (χ1n) is 10.6. The van der Waals surface area contributed by atoms with Crippen LogP contribution in [0.3, 0.4) is 0 Å². The van der Waals surface area contributed by atoms with Crippen molar-refractivity contribution in [2.45, 2.75) is 24.0 Å². The van der Waals surface area contributed by atoms with E-state index in [2.05, 4.69) is 9.71 Å². The highest BCUT2D eigenvalue weighted by Crippen LogP contribution is 2.29. The number of nitrogens with one attached hydrogen (secondary N) is 2. The number of rotatable bonds is 9. The van der Waals surface area contributed by atoms with E-state index < -0.39 is 6.04 Å². The number of fused-ring (bicyclic) bond motifs is 1. The average molecular weight is 508 g/mol. The summed E-state index contributed by atoms with van der Waals surface area (Å²) in [5, 5.41) is 4.93. The van der Waals surface area contributed by atoms with Crippen LogP contribution < -0.4 is 10.3 Å². The van der Waals surface area contributed by atoms with Gasteiger partial charge < -0.3 is 14.3 Å². The molecular formula is C25H21N3O3S3. The predicted molar refractivity (Wildman–Crippen MR) is 138 cm³/mol. The molecule has 0 aliphatic heterocycles. The summed E-state index contributed by atoms with van der Waals surface area (Å²) in [6.45, 7) is 0.899. The number of benzene rings is 1. The van der Waals surface area contributed by atoms with Crippen LogP contribution in [0.1, 0.15) is 21.6 Å². The Kier molecular flexibility index (Phi) is 6.96. The van der Waals surface area contributed by atoms with Crippen LogP contribution in [0, 0.1) is 0 Å². The smallest absolute Gasteiger partial charge is 0.248 e. The van der Waals surface area contributed by atoms with Gasteiger partial charge in [0.05, 0.1) is 19.4 Å². The number of aromatic nitrogens is 1. The van der Waals surface area contributed by atoms with E-state index in [4.69, 9.17) is 4.42 Å². The summed E-state index contributed by atoms with van der Waals surface area (Å²) in [5.41, 5.74) is 0.653. The molecule has 0 radical (unpaired) electrons. The molecule has 4 heterocycles. The van der Waals surface area contributed by atoms with E-state index in [0.29, 0.717) is 13.1 Å². The Balaban J connectivity index is 1.39. The lowest BCUT2D eigenvalue weighted by Gasteiger charge is -2.26. The van der Waals surface area contributed by atoms with Gasteiger partial charge in [0.2, 0.25) is 11.5 Å². The normalized spacial score (nSPS) is 12.1. The van der Waals surface area contributed by atoms with Crippen molar-refractivity contribution in [3.63, 3.8) is 0 Å². The molecule has 1 amide bonds. The van der Waals surface area contributed by atoms with Gasteiger partial charge in [0.1, 0.15) is 11.8 Å². The molecule has 9 heteroatoms. The van der Waals surface area contributed by atoms with Crippen molar-refractivity contribution >= 4 is 51.4 Å². The van der Waals surface area contributed by atoms with Crippen molar-refractivity contribution < 1.29 is 9.21 Å². The first-order chi connectivity index (χ1) is 16.7. The van der Waals surface area contributed by atoms with E-state index in [1.807, 2.05) is 70.3 Å². The topological polar surface area (TPSA) is 78.3 Å². The summed E-state index contributed by atoms with van der Waals surface area (Å²) in [6, 6.07) is 20.3. The summed E-state index contributed by atoms with van der Waals surface area (Å²) in [6.07, 6.45) is 1.63. The summed E-state index contributed by atoms with van der Waals surface area (Å²) in [5.74, 6) is 0.718. The first-order valence-corrected chi connectivity index (χ1v) is 13.2. The molecule has 34 heavy (non-hydrogen) atoms. The number of carbonyl (C=O) groups excluding carboxylic acids is 1. The van der Waals surface area contributed by atoms with E-state index in [1.54, 1.807) is 35.0 Å². The van der Waals surface area contributed by atoms with Gasteiger partial charge in [0, 0.05) is 26.2 Å². The zero-order chi connectivity index (χ0) is 23.3. The quantitative estimate of drug-likeness (QED) is 0.246. The Hall–Kier alpha value is -3.11. The van der Waals surface area contributed by atoms with Gasteiger partial charge in [-0.1, -0.05) is 12.1 Å². The standard InChI is InChI=1S/C25H21N3O3S3/c29-23-10-7-17-14-19(8-9-21(17)26-23)34-27-24(22-6-3-13-33-22)25(30)28(15-18-4-1-11-31-18)16-20-5-2-12-32-20/h1-14,24,27H,15-16H2,(H,26,29)/t24-/m1/s1. The van der Waals surface area contributed by atoms with Crippen molar-refractivity contribution in [1.29, 1.82) is 0 Å². The number of nitrogens with zero attached hydrogens (tertiary/aromatic N) is 1. The summed E-state index contributed by atoms with van der Waals surface area (Å²) in [4.78, 5) is 33.1. The minimum absolute atomic E-state index is 0.0233. The number of carbonyl (C=O) groups is 1. The van der Waals surface area contributed by atoms with Crippen LogP contribution in [0.15, 0.2) is 97.9 Å². The Morgan fingerprint density at radius 2 is 1.91 bits per heavy atom. The third-order valence-corrected chi connectivity index (χ3v) is 7.87. The Morgan fingerprint density at radius 3 is 2.68 bits per heavy atom. The number of H-pyrrole nitrogens is 1. The van der Waals surface area contributed by atoms with Crippen LogP contribution in [0.2, 0.25) is 0 Å². The zero-order valence-electron chi connectivity index (χ0n) is 18.0. The lowest BCUT2D eigenvalue weighted by molar-refractivity contribution is -0.134. The highest BCUT2D eigenvalue weighted by Gasteiger charge is 2.28. The second-order valence-electron chi connectivity index (χ2n) is 7.59. The van der Waals surface area contributed by atoms with Crippen LogP contribution >= 0.6 is 34.6 Å². The van der Waals surface area contributed by atoms with Crippen molar-refractivity contribution in [3.8, 4) is 0 Å². The molecule has 2 N–H and O–H groups in total. The molecule has 0 saturated heterocycles. The second kappa shape index (κ2) is 10.4. The third-order valence-electron chi connectivity index (χ3n) is 5.23. The minimum atomic E-state index is -0.522. The Labute approximate surface area is 208 Å². The maximum Gasteiger partial charge on any atom is 0.248 e. The SMILES string of the molecule is O=C([C@H](NSc1ccc2[nH]c(=O)ccc2c1)c1cccs1)N(Cc1ccco1)Cc1cccs1. The number of thiophene rings is 2. The lowest BCUT2D eigenvalue weighted by Crippen LogP contribution is -2.38. The third kappa shape index (κ3) is 5.34. The van der Waals surface area contributed by atoms with Gasteiger partial charge in [-0.2, -0.15) is 0 Å². The molecule has 1 atom stereocenters. The fourth-order valence-electron chi connectivity index (χ4n) is 3.58. The summed E-state index contributed by atoms with van der Waals surface area (Å²) in [7, 11) is 0.